The Morgan fingerprint density at radius 1 is 0.971 bits per heavy atom. The first-order valence-corrected chi connectivity index (χ1v) is 13.0. The van der Waals surface area contributed by atoms with Crippen molar-refractivity contribution in [3.63, 3.8) is 0 Å². The Balaban J connectivity index is 1.61. The van der Waals surface area contributed by atoms with Gasteiger partial charge in [-0.15, -0.1) is 0 Å². The average molecular weight is 485 g/mol. The topological polar surface area (TPSA) is 97.0 Å². The molecule has 0 spiro atoms. The van der Waals surface area contributed by atoms with Gasteiger partial charge in [0.05, 0.1) is 27.8 Å². The van der Waals surface area contributed by atoms with Gasteiger partial charge in [-0.25, -0.2) is 8.42 Å². The van der Waals surface area contributed by atoms with E-state index in [2.05, 4.69) is 37.6 Å². The van der Waals surface area contributed by atoms with Crippen molar-refractivity contribution in [2.24, 2.45) is 5.41 Å². The van der Waals surface area contributed by atoms with Crippen molar-refractivity contribution < 1.29 is 8.42 Å². The largest absolute Gasteiger partial charge is 0.322 e. The smallest absolute Gasteiger partial charge is 0.259 e. The van der Waals surface area contributed by atoms with Crippen LogP contribution in [0.25, 0.3) is 0 Å². The summed E-state index contributed by atoms with van der Waals surface area (Å²) in [5.74, 6) is 0.404. The van der Waals surface area contributed by atoms with Gasteiger partial charge < -0.3 is 4.90 Å². The standard InChI is InChI=1S/C28H28N4O2S/c1-28(2,3)24-9-11-25(12-10-24)35(33,34)31-27-13-8-23(19-30)26-17-22(14-15-32(26)27)21-7-5-4-6-20(16-21)18-29/h4,6-9,11,13-14,16-17,31H,5,10,12,15H2,1-3H3. The van der Waals surface area contributed by atoms with Crippen molar-refractivity contribution >= 4 is 10.0 Å². The third kappa shape index (κ3) is 5.16. The highest BCUT2D eigenvalue weighted by Crippen LogP contribution is 2.35. The molecule has 2 aliphatic heterocycles. The maximum Gasteiger partial charge on any atom is 0.259 e. The number of allylic oxidation sites excluding steroid dienone is 15. The molecule has 2 aliphatic carbocycles. The van der Waals surface area contributed by atoms with Gasteiger partial charge in [0.1, 0.15) is 11.9 Å². The Morgan fingerprint density at radius 2 is 1.74 bits per heavy atom. The molecule has 0 fully saturated rings. The lowest BCUT2D eigenvalue weighted by Gasteiger charge is -2.34. The molecule has 0 unspecified atom stereocenters. The fourth-order valence-electron chi connectivity index (χ4n) is 4.35. The zero-order valence-electron chi connectivity index (χ0n) is 20.2. The summed E-state index contributed by atoms with van der Waals surface area (Å²) in [5, 5.41) is 19.0. The van der Waals surface area contributed by atoms with Crippen LogP contribution in [0.1, 0.15) is 40.0 Å². The van der Waals surface area contributed by atoms with Crippen molar-refractivity contribution in [3.05, 3.63) is 105 Å². The Labute approximate surface area is 207 Å². The first-order chi connectivity index (χ1) is 16.6. The van der Waals surface area contributed by atoms with Gasteiger partial charge in [-0.1, -0.05) is 50.6 Å². The molecule has 0 amide bonds. The molecular formula is C28H28N4O2S. The first-order valence-electron chi connectivity index (χ1n) is 11.6. The molecule has 0 saturated heterocycles. The summed E-state index contributed by atoms with van der Waals surface area (Å²) in [6.07, 6.45) is 20.2. The third-order valence-electron chi connectivity index (χ3n) is 6.38. The highest BCUT2D eigenvalue weighted by molar-refractivity contribution is 7.93. The molecule has 2 heterocycles. The molecule has 7 heteroatoms. The van der Waals surface area contributed by atoms with Crippen LogP contribution in [0.3, 0.4) is 0 Å². The zero-order chi connectivity index (χ0) is 25.2. The molecule has 0 radical (unpaired) electrons. The van der Waals surface area contributed by atoms with Crippen molar-refractivity contribution in [2.75, 3.05) is 6.54 Å². The third-order valence-corrected chi connectivity index (χ3v) is 7.88. The Kier molecular flexibility index (Phi) is 6.56. The summed E-state index contributed by atoms with van der Waals surface area (Å²) in [7, 11) is -3.74. The van der Waals surface area contributed by atoms with Gasteiger partial charge in [-0.2, -0.15) is 10.5 Å². The molecule has 0 aromatic carbocycles. The van der Waals surface area contributed by atoms with Gasteiger partial charge in [0.15, 0.2) is 0 Å². The number of nitrogens with zero attached hydrogens (tertiary/aromatic N) is 3. The number of sulfonamides is 1. The molecule has 0 aromatic heterocycles. The van der Waals surface area contributed by atoms with Crippen LogP contribution < -0.4 is 4.72 Å². The Morgan fingerprint density at radius 3 is 2.40 bits per heavy atom. The van der Waals surface area contributed by atoms with Gasteiger partial charge in [0.2, 0.25) is 0 Å². The monoisotopic (exact) mass is 484 g/mol. The van der Waals surface area contributed by atoms with Crippen LogP contribution in [0.4, 0.5) is 0 Å². The normalized spacial score (nSPS) is 20.2. The van der Waals surface area contributed by atoms with Crippen LogP contribution in [0.5, 0.6) is 0 Å². The lowest BCUT2D eigenvalue weighted by Crippen LogP contribution is -2.38. The second kappa shape index (κ2) is 9.44. The number of hydrogen-bond donors (Lipinski definition) is 1. The van der Waals surface area contributed by atoms with Crippen LogP contribution in [-0.4, -0.2) is 19.9 Å². The van der Waals surface area contributed by atoms with Crippen LogP contribution in [0.15, 0.2) is 105 Å². The first kappa shape index (κ1) is 24.3. The van der Waals surface area contributed by atoms with E-state index in [1.807, 2.05) is 36.5 Å². The van der Waals surface area contributed by atoms with E-state index in [-0.39, 0.29) is 5.41 Å². The summed E-state index contributed by atoms with van der Waals surface area (Å²) >= 11 is 0. The molecule has 0 aromatic rings. The highest BCUT2D eigenvalue weighted by atomic mass is 32.2. The van der Waals surface area contributed by atoms with E-state index in [9.17, 15) is 18.9 Å². The summed E-state index contributed by atoms with van der Waals surface area (Å²) in [5.41, 5.74) is 4.67. The van der Waals surface area contributed by atoms with Gasteiger partial charge >= 0.3 is 0 Å². The maximum absolute atomic E-state index is 13.2. The molecule has 4 aliphatic rings. The van der Waals surface area contributed by atoms with E-state index < -0.39 is 10.0 Å². The zero-order valence-corrected chi connectivity index (χ0v) is 21.0. The van der Waals surface area contributed by atoms with E-state index in [0.717, 1.165) is 11.1 Å². The SMILES string of the molecule is CC(C)(C)C1=CC=C(S(=O)(=O)NC2=CC=C(C#N)C3=CC(C4=CCC=CC(C#N)=C4)=CCN23)CC1. The van der Waals surface area contributed by atoms with E-state index >= 15 is 0 Å². The fourth-order valence-corrected chi connectivity index (χ4v) is 5.55. The van der Waals surface area contributed by atoms with E-state index in [4.69, 9.17) is 0 Å². The molecule has 35 heavy (non-hydrogen) atoms. The van der Waals surface area contributed by atoms with Crippen molar-refractivity contribution in [1.29, 1.82) is 10.5 Å². The van der Waals surface area contributed by atoms with Gasteiger partial charge in [0, 0.05) is 6.54 Å². The lowest BCUT2D eigenvalue weighted by atomic mass is 9.82. The van der Waals surface area contributed by atoms with Crippen LogP contribution in [0, 0.1) is 28.1 Å². The van der Waals surface area contributed by atoms with Crippen LogP contribution >= 0.6 is 0 Å². The molecule has 6 nitrogen and oxygen atoms in total. The lowest BCUT2D eigenvalue weighted by molar-refractivity contribution is 0.449. The van der Waals surface area contributed by atoms with E-state index in [1.54, 1.807) is 29.2 Å². The molecule has 1 N–H and O–H groups in total. The number of hydrogen-bond acceptors (Lipinski definition) is 5. The predicted molar refractivity (Wildman–Crippen MR) is 137 cm³/mol. The summed E-state index contributed by atoms with van der Waals surface area (Å²) in [6.45, 7) is 6.77. The summed E-state index contributed by atoms with van der Waals surface area (Å²) in [6, 6.07) is 4.39. The summed E-state index contributed by atoms with van der Waals surface area (Å²) in [4.78, 5) is 2.15. The molecule has 4 rings (SSSR count). The van der Waals surface area contributed by atoms with Gasteiger partial charge in [-0.05, 0) is 72.3 Å². The van der Waals surface area contributed by atoms with E-state index in [1.165, 1.54) is 5.57 Å². The van der Waals surface area contributed by atoms with Gasteiger partial charge in [-0.3, -0.25) is 4.72 Å². The van der Waals surface area contributed by atoms with Crippen molar-refractivity contribution in [1.82, 2.24) is 9.62 Å². The molecule has 178 valence electrons. The quantitative estimate of drug-likeness (QED) is 0.582. The molecule has 0 atom stereocenters. The molecule has 0 bridgehead atoms. The number of nitriles is 2. The van der Waals surface area contributed by atoms with Gasteiger partial charge in [0.25, 0.3) is 10.0 Å². The molecule has 0 saturated carbocycles. The average Bonchev–Trinajstić information content (AvgIpc) is 3.09. The maximum atomic E-state index is 13.2. The van der Waals surface area contributed by atoms with Crippen molar-refractivity contribution in [2.45, 2.75) is 40.0 Å². The second-order valence-electron chi connectivity index (χ2n) is 9.73. The Bertz CT molecular complexity index is 1420. The molecular weight excluding hydrogens is 456 g/mol. The minimum absolute atomic E-state index is 0.00713. The van der Waals surface area contributed by atoms with Crippen LogP contribution in [0.2, 0.25) is 0 Å². The van der Waals surface area contributed by atoms with E-state index in [0.29, 0.717) is 53.4 Å². The second-order valence-corrected chi connectivity index (χ2v) is 11.5. The number of nitrogens with one attached hydrogen (secondary N) is 1. The Hall–Kier alpha value is -3.81. The minimum Gasteiger partial charge on any atom is -0.322 e. The number of fused-ring (bicyclic) bond motifs is 1. The fraction of sp³-hybridized carbons (Fsp3) is 0.286. The van der Waals surface area contributed by atoms with Crippen LogP contribution in [-0.2, 0) is 10.0 Å². The van der Waals surface area contributed by atoms with Crippen molar-refractivity contribution in [3.8, 4) is 12.1 Å². The predicted octanol–water partition coefficient (Wildman–Crippen LogP) is 5.32. The minimum atomic E-state index is -3.74. The summed E-state index contributed by atoms with van der Waals surface area (Å²) < 4.78 is 29.1. The number of rotatable bonds is 4. The highest BCUT2D eigenvalue weighted by Gasteiger charge is 2.30.